The van der Waals surface area contributed by atoms with Crippen molar-refractivity contribution in [1.29, 1.82) is 0 Å². The number of hydrogen-bond acceptors (Lipinski definition) is 13. The zero-order valence-corrected chi connectivity index (χ0v) is 46.8. The van der Waals surface area contributed by atoms with Crippen molar-refractivity contribution in [1.82, 2.24) is 57.5 Å². The number of hydrogen-bond donors (Lipinski definition) is 14. The average Bonchev–Trinajstić information content (AvgIpc) is 4.36. The molecule has 0 aliphatic heterocycles. The van der Waals surface area contributed by atoms with Gasteiger partial charge in [0.2, 0.25) is 53.2 Å². The first kappa shape index (κ1) is 64.6. The number of imidazole rings is 1. The molecular weight excluding hydrogens is 1070 g/mol. The minimum atomic E-state index is -1.48. The number of rotatable bonds is 36. The Balaban J connectivity index is 1.45. The Hall–Kier alpha value is -9.20. The lowest BCUT2D eigenvalue weighted by atomic mass is 9.99. The van der Waals surface area contributed by atoms with Gasteiger partial charge in [-0.1, -0.05) is 80.4 Å². The summed E-state index contributed by atoms with van der Waals surface area (Å²) < 4.78 is 0. The van der Waals surface area contributed by atoms with Crippen molar-refractivity contribution in [2.45, 2.75) is 140 Å². The number of nitrogens with one attached hydrogen (secondary N) is 10. The van der Waals surface area contributed by atoms with E-state index in [2.05, 4.69) is 62.5 Å². The number of unbranched alkanes of at least 4 members (excludes halogenated alkanes) is 2. The minimum Gasteiger partial charge on any atom is -0.370 e. The summed E-state index contributed by atoms with van der Waals surface area (Å²) >= 11 is 0. The third-order valence-electron chi connectivity index (χ3n) is 13.6. The van der Waals surface area contributed by atoms with Crippen molar-refractivity contribution in [3.63, 3.8) is 0 Å². The molecule has 0 spiro atoms. The Labute approximate surface area is 480 Å². The van der Waals surface area contributed by atoms with Crippen molar-refractivity contribution in [3.05, 3.63) is 102 Å². The standard InChI is InChI=1S/C57H78N16O10/c1-3-4-15-43(67-34(2)75)52(79)70-45(22-26-74)54(81)73-48(30-39-32-62-33-66-39)56(83)71-46(28-35-19-20-36-12-5-6-13-37(36)27-35)55(82)69-44(18-11-24-64-57(60)61)53(80)72-47(29-38-31-65-41-16-8-7-14-40(38)41)51(78)63-25-21-49(76)68-42(50(59)77)17-9-10-23-58/h5-8,12-14,16,19-20,26-27,31-33,42-48,65H,3-4,9-11,15,17-18,21-25,28-30,58H2,1-2H3,(H2,59,77)(H,62,66)(H,63,78)(H,67,75)(H,68,76)(H,69,82)(H,70,79)(H,71,83)(H,72,80)(H,73,81)(H4,60,61,64)/t42-,43-,44-,45-,46+,47-,48-/m0/s1. The Morgan fingerprint density at radius 1 is 0.627 bits per heavy atom. The Kier molecular flexibility index (Phi) is 26.1. The number of guanidine groups is 1. The third kappa shape index (κ3) is 21.3. The zero-order valence-electron chi connectivity index (χ0n) is 46.8. The summed E-state index contributed by atoms with van der Waals surface area (Å²) in [6, 6.07) is 11.2. The Morgan fingerprint density at radius 2 is 1.23 bits per heavy atom. The van der Waals surface area contributed by atoms with Crippen LogP contribution in [0, 0.1) is 0 Å². The highest BCUT2D eigenvalue weighted by atomic mass is 16.2. The van der Waals surface area contributed by atoms with Gasteiger partial charge < -0.3 is 80.2 Å². The van der Waals surface area contributed by atoms with Crippen molar-refractivity contribution in [2.24, 2.45) is 27.9 Å². The summed E-state index contributed by atoms with van der Waals surface area (Å²) in [5.41, 5.74) is 24.8. The number of benzene rings is 3. The predicted octanol–water partition coefficient (Wildman–Crippen LogP) is -0.561. The highest BCUT2D eigenvalue weighted by molar-refractivity contribution is 5.98. The summed E-state index contributed by atoms with van der Waals surface area (Å²) in [5.74, 6) is -6.81. The van der Waals surface area contributed by atoms with Crippen LogP contribution < -0.4 is 65.5 Å². The number of nitrogens with zero attached hydrogens (tertiary/aromatic N) is 2. The molecule has 0 saturated heterocycles. The number of carbonyl (C=O) groups is 10. The van der Waals surface area contributed by atoms with E-state index in [9.17, 15) is 47.9 Å². The molecule has 5 rings (SSSR count). The van der Waals surface area contributed by atoms with Crippen LogP contribution in [0.15, 0.2) is 90.4 Å². The number of primary amides is 1. The molecule has 2 aromatic heterocycles. The lowest BCUT2D eigenvalue weighted by Gasteiger charge is -2.27. The van der Waals surface area contributed by atoms with Gasteiger partial charge in [0, 0.05) is 81.1 Å². The Bertz CT molecular complexity index is 3030. The van der Waals surface area contributed by atoms with Gasteiger partial charge in [0.05, 0.1) is 6.33 Å². The van der Waals surface area contributed by atoms with Crippen molar-refractivity contribution in [3.8, 4) is 0 Å². The summed E-state index contributed by atoms with van der Waals surface area (Å²) in [6.45, 7) is 3.39. The summed E-state index contributed by atoms with van der Waals surface area (Å²) in [7, 11) is 0. The van der Waals surface area contributed by atoms with Gasteiger partial charge in [-0.2, -0.15) is 0 Å². The normalized spacial score (nSPS) is 13.6. The quantitative estimate of drug-likeness (QED) is 0.0104. The number of H-pyrrole nitrogens is 2. The number of para-hydroxylation sites is 1. The van der Waals surface area contributed by atoms with Gasteiger partial charge >= 0.3 is 0 Å². The number of aliphatic imine (C=N–C) groups is 1. The maximum atomic E-state index is 15.0. The molecule has 26 heteroatoms. The number of aldehydes is 1. The van der Waals surface area contributed by atoms with Crippen LogP contribution in [0.25, 0.3) is 21.7 Å². The van der Waals surface area contributed by atoms with Crippen LogP contribution in [0.3, 0.4) is 0 Å². The van der Waals surface area contributed by atoms with Crippen LogP contribution in [0.5, 0.6) is 0 Å². The average molecular weight is 1150 g/mol. The van der Waals surface area contributed by atoms with Crippen LogP contribution in [0.2, 0.25) is 0 Å². The fourth-order valence-corrected chi connectivity index (χ4v) is 9.22. The van der Waals surface area contributed by atoms with E-state index < -0.39 is 102 Å². The monoisotopic (exact) mass is 1150 g/mol. The van der Waals surface area contributed by atoms with Gasteiger partial charge in [-0.15, -0.1) is 0 Å². The second-order valence-corrected chi connectivity index (χ2v) is 20.1. The summed E-state index contributed by atoms with van der Waals surface area (Å²) in [4.78, 5) is 149. The molecule has 3 aromatic carbocycles. The second kappa shape index (κ2) is 33.5. The first-order valence-electron chi connectivity index (χ1n) is 27.7. The van der Waals surface area contributed by atoms with Gasteiger partial charge in [0.15, 0.2) is 5.96 Å². The van der Waals surface area contributed by atoms with E-state index in [0.29, 0.717) is 55.3 Å². The SMILES string of the molecule is CCCC[C@H](NC(C)=O)C(=O)N[C@@H](CC=O)C(=O)N[C@@H](Cc1cnc[nH]1)C(=O)N[C@H](Cc1ccc2ccccc2c1)C(=O)N[C@@H](CCCN=C(N)N)C(=O)N[C@@H](Cc1c[nH]c2ccccc12)C(=O)NCCC(=O)N[C@@H](CCCCN)C(N)=O. The van der Waals surface area contributed by atoms with Gasteiger partial charge in [-0.05, 0) is 73.0 Å². The first-order valence-corrected chi connectivity index (χ1v) is 27.7. The molecule has 0 fully saturated rings. The van der Waals surface area contributed by atoms with E-state index >= 15 is 0 Å². The van der Waals surface area contributed by atoms with Crippen LogP contribution >= 0.6 is 0 Å². The van der Waals surface area contributed by atoms with Crippen molar-refractivity contribution < 1.29 is 47.9 Å². The molecule has 0 saturated carbocycles. The van der Waals surface area contributed by atoms with Gasteiger partial charge in [-0.3, -0.25) is 48.1 Å². The molecule has 0 aliphatic rings. The van der Waals surface area contributed by atoms with Crippen LogP contribution in [-0.4, -0.2) is 142 Å². The molecule has 83 heavy (non-hydrogen) atoms. The molecule has 26 nitrogen and oxygen atoms in total. The fourth-order valence-electron chi connectivity index (χ4n) is 9.22. The number of fused-ring (bicyclic) bond motifs is 2. The van der Waals surface area contributed by atoms with Gasteiger partial charge in [-0.25, -0.2) is 4.98 Å². The second-order valence-electron chi connectivity index (χ2n) is 20.1. The predicted molar refractivity (Wildman–Crippen MR) is 311 cm³/mol. The fraction of sp³-hybridized carbons (Fsp3) is 0.439. The molecular formula is C57H78N16O10. The van der Waals surface area contributed by atoms with E-state index in [0.717, 1.165) is 21.7 Å². The molecule has 0 aliphatic carbocycles. The molecule has 5 aromatic rings. The largest absolute Gasteiger partial charge is 0.370 e. The molecule has 0 radical (unpaired) electrons. The number of carbonyl (C=O) groups excluding carboxylic acids is 10. The maximum absolute atomic E-state index is 15.0. The number of aromatic nitrogens is 3. The molecule has 0 bridgehead atoms. The van der Waals surface area contributed by atoms with Crippen molar-refractivity contribution in [2.75, 3.05) is 19.6 Å². The Morgan fingerprint density at radius 3 is 1.88 bits per heavy atom. The van der Waals surface area contributed by atoms with E-state index in [1.165, 1.54) is 19.4 Å². The van der Waals surface area contributed by atoms with Crippen LogP contribution in [-0.2, 0) is 67.2 Å². The first-order chi connectivity index (χ1) is 39.9. The smallest absolute Gasteiger partial charge is 0.243 e. The van der Waals surface area contributed by atoms with E-state index in [1.54, 1.807) is 12.3 Å². The van der Waals surface area contributed by atoms with Gasteiger partial charge in [0.25, 0.3) is 0 Å². The van der Waals surface area contributed by atoms with E-state index in [-0.39, 0.29) is 70.4 Å². The number of amides is 9. The molecule has 446 valence electrons. The molecule has 9 amide bonds. The number of nitrogens with two attached hydrogens (primary N) is 4. The topological polar surface area (TPSA) is 428 Å². The van der Waals surface area contributed by atoms with E-state index in [1.807, 2.05) is 67.6 Å². The molecule has 7 atom stereocenters. The zero-order chi connectivity index (χ0) is 60.3. The lowest BCUT2D eigenvalue weighted by Crippen LogP contribution is -2.60. The van der Waals surface area contributed by atoms with Gasteiger partial charge in [0.1, 0.15) is 48.6 Å². The summed E-state index contributed by atoms with van der Waals surface area (Å²) in [6.07, 6.45) is 6.81. The van der Waals surface area contributed by atoms with E-state index in [4.69, 9.17) is 22.9 Å². The lowest BCUT2D eigenvalue weighted by molar-refractivity contribution is -0.135. The van der Waals surface area contributed by atoms with Crippen molar-refractivity contribution >= 4 is 87.1 Å². The summed E-state index contributed by atoms with van der Waals surface area (Å²) in [5, 5.41) is 23.9. The van der Waals surface area contributed by atoms with Crippen LogP contribution in [0.4, 0.5) is 0 Å². The third-order valence-corrected chi connectivity index (χ3v) is 13.6. The molecule has 0 unspecified atom stereocenters. The molecule has 2 heterocycles. The minimum absolute atomic E-state index is 0.0390. The maximum Gasteiger partial charge on any atom is 0.243 e. The number of aromatic amines is 2. The molecule has 18 N–H and O–H groups in total. The van der Waals surface area contributed by atoms with Crippen LogP contribution in [0.1, 0.15) is 94.9 Å². The highest BCUT2D eigenvalue weighted by Crippen LogP contribution is 2.21. The highest BCUT2D eigenvalue weighted by Gasteiger charge is 2.34.